The summed E-state index contributed by atoms with van der Waals surface area (Å²) in [5, 5.41) is 118. The van der Waals surface area contributed by atoms with Gasteiger partial charge in [0.25, 0.3) is 16.0 Å². The Hall–Kier alpha value is -12.9. The highest BCUT2D eigenvalue weighted by molar-refractivity contribution is 8.00. The lowest BCUT2D eigenvalue weighted by molar-refractivity contribution is -0.142. The summed E-state index contributed by atoms with van der Waals surface area (Å²) in [5.74, 6) is -13.2. The molecule has 0 radical (unpaired) electrons. The minimum absolute atomic E-state index is 0.0252. The summed E-state index contributed by atoms with van der Waals surface area (Å²) < 4.78 is 51.4. The number of aliphatic hydroxyl groups excluding tert-OH is 10. The first-order valence-corrected chi connectivity index (χ1v) is 50.5. The topological polar surface area (TPSA) is 722 Å². The van der Waals surface area contributed by atoms with Gasteiger partial charge < -0.3 is 118 Å². The van der Waals surface area contributed by atoms with E-state index in [9.17, 15) is 140 Å². The molecule has 1 saturated heterocycles. The summed E-state index contributed by atoms with van der Waals surface area (Å²) in [6.07, 6.45) is -12.9. The van der Waals surface area contributed by atoms with E-state index in [-0.39, 0.29) is 119 Å². The van der Waals surface area contributed by atoms with Gasteiger partial charge >= 0.3 is 0 Å². The second kappa shape index (κ2) is 55.2. The van der Waals surface area contributed by atoms with E-state index < -0.39 is 278 Å². The van der Waals surface area contributed by atoms with Crippen molar-refractivity contribution in [1.82, 2.24) is 66.1 Å². The number of carbonyl (C=O) groups excluding carboxylic acids is 18. The first kappa shape index (κ1) is 118. The Morgan fingerprint density at radius 2 is 1.20 bits per heavy atom. The Kier molecular flexibility index (Phi) is 44.2. The molecule has 16 atom stereocenters. The fraction of sp³-hybridized carbons (Fsp3) is 0.520. The molecule has 3 aliphatic rings. The highest BCUT2D eigenvalue weighted by atomic mass is 32.2. The van der Waals surface area contributed by atoms with Crippen LogP contribution in [0.25, 0.3) is 22.0 Å². The predicted molar refractivity (Wildman–Crippen MR) is 524 cm³/mol. The van der Waals surface area contributed by atoms with Crippen LogP contribution in [0.1, 0.15) is 164 Å². The summed E-state index contributed by atoms with van der Waals surface area (Å²) in [5.41, 5.74) is 5.80. The predicted octanol–water partition coefficient (Wildman–Crippen LogP) is -3.03. The number of allylic oxidation sites excluding steroid dienone is 1. The normalized spacial score (nSPS) is 17.5. The molecule has 9 rings (SSSR count). The van der Waals surface area contributed by atoms with E-state index in [1.807, 2.05) is 12.1 Å². The highest BCUT2D eigenvalue weighted by Gasteiger charge is 2.48. The van der Waals surface area contributed by atoms with Crippen LogP contribution < -0.4 is 52.6 Å². The number of likely N-dealkylation sites (tertiary alicyclic amines) is 1. The van der Waals surface area contributed by atoms with Gasteiger partial charge in [-0.05, 0) is 136 Å². The number of hydrogen-bond donors (Lipinski definition) is 20. The van der Waals surface area contributed by atoms with Crippen LogP contribution in [-0.4, -0.2) is 349 Å². The maximum absolute atomic E-state index is 14.3. The highest BCUT2D eigenvalue weighted by Crippen LogP contribution is 2.46. The molecule has 2 aliphatic carbocycles. The summed E-state index contributed by atoms with van der Waals surface area (Å²) in [6, 6.07) is 15.2. The zero-order valence-electron chi connectivity index (χ0n) is 82.0. The third-order valence-electron chi connectivity index (χ3n) is 25.5. The lowest BCUT2D eigenvalue weighted by atomic mass is 9.88. The SMILES string of the molecule is C=C1CC2C(=O)c3cc(C)c(OCCCC(=O)Nc4cn(C)c(C(=O)Cc5ccc(-c6cc(C(=O)n7ccc8cc(CC(=O)[C@H](C)NC(=O)[C@H](C)NC(=O)CC[C@H](CC(=O)CN9C(=O)CC(SC)C9=O)C(=O)NCC(=O)CCC(=O)NCC(=O)CCC(=O)NCCOCCC(=O)NC(CCC(=O)NC[C@H](O)[C@@H](O)[C@H](O)[C@H](O)CO)C(=O)NC[C@H](O)[C@@H](O)[C@H](O)[C@H](O)CO)ccc87)n(C)c6)cc5)n4)cc3CC(S(=O)(=O)O)[C@@H]2C1. The average molecular weight is 2090 g/mol. The number of fused-ring (bicyclic) bond motifs is 3. The quantitative estimate of drug-likeness (QED) is 0.00594. The van der Waals surface area contributed by atoms with Gasteiger partial charge in [-0.15, -0.1) is 0 Å². The number of ether oxygens (including phenoxy) is 2. The molecule has 4 heterocycles. The fourth-order valence-corrected chi connectivity index (χ4v) is 18.7. The standard InChI is InChI=1S/C98H128N14O33S2/c1-51-31-66-67(32-51)88(131)65-33-52(2)77(39-60(65)40-79(66)147(141,142)143)145-28-8-9-84(127)107-80-48-110(6)93(108-80)72(119)35-55-10-13-57(14-11-55)61-38-70(109(5)46-61)97(139)111-27-24-58-34-56(12-19-69(58)111)36-71(118)53(3)105-94(136)54(4)104-85(128)20-15-59(37-64(117)47-112-87(130)41-78(146-7)98(112)140)95(137)102-43-63(116)17-22-82(125)100-42-62(115)16-21-81(124)99-26-30-144-29-25-86(129)106-68(96(138)103-45-74(121)90(133)92(135)76(123)50-114)18-23-83(126)101-44-73(120)89(132)91(134)75(122)49-113/h10-14,19,24,27,33-34,38-39,46,48,53-54,59,66-68,73-76,78-79,89-92,113-114,120-123,132-135H,1,8-9,15-18,20-23,25-26,28-32,35-37,40-45,47,49-50H2,2-7H3,(H,99,124)(H,100,125)(H,101,126)(H,102,137)(H,103,138)(H,104,128)(H,105,136)(H,106,129)(H,107,127)(H,141,142,143)/t53-,54-,59+,66+,67?,68?,73-,74-,75+,76+,78?,79?,89+,90+,91+,92+/m0/s1. The molecule has 49 heteroatoms. The number of thioether (sulfide) groups is 1. The number of Topliss-reactive ketones (excluding diaryl/α,β-unsaturated/α-hetero) is 6. The summed E-state index contributed by atoms with van der Waals surface area (Å²) in [6.45, 7) is 2.77. The van der Waals surface area contributed by atoms with E-state index in [1.165, 1.54) is 29.2 Å². The Labute approximate surface area is 849 Å². The maximum atomic E-state index is 14.3. The number of hydrogen-bond acceptors (Lipinski definition) is 34. The summed E-state index contributed by atoms with van der Waals surface area (Å²) >= 11 is 1.11. The van der Waals surface area contributed by atoms with Crippen molar-refractivity contribution in [3.63, 3.8) is 0 Å². The molecule has 2 fully saturated rings. The van der Waals surface area contributed by atoms with Crippen molar-refractivity contribution in [2.75, 3.05) is 83.9 Å². The Morgan fingerprint density at radius 1 is 0.578 bits per heavy atom. The molecule has 800 valence electrons. The average Bonchev–Trinajstić information content (AvgIpc) is 1.61. The molecular formula is C98H128N14O33S2. The Bertz CT molecular complexity index is 5960. The molecule has 11 amide bonds. The molecule has 6 aromatic rings. The van der Waals surface area contributed by atoms with Crippen LogP contribution in [0, 0.1) is 24.7 Å². The molecule has 47 nitrogen and oxygen atoms in total. The number of amides is 11. The Balaban J connectivity index is 0.662. The number of aliphatic hydroxyl groups is 10. The lowest BCUT2D eigenvalue weighted by Gasteiger charge is -2.26. The summed E-state index contributed by atoms with van der Waals surface area (Å²) in [7, 11) is -1.15. The largest absolute Gasteiger partial charge is 0.493 e. The van der Waals surface area contributed by atoms with Crippen molar-refractivity contribution < 1.29 is 160 Å². The smallest absolute Gasteiger partial charge is 0.278 e. The molecular weight excluding hydrogens is 1970 g/mol. The van der Waals surface area contributed by atoms with Crippen molar-refractivity contribution in [3.8, 4) is 16.9 Å². The van der Waals surface area contributed by atoms with Crippen LogP contribution in [0.15, 0.2) is 97.5 Å². The minimum Gasteiger partial charge on any atom is -0.493 e. The van der Waals surface area contributed by atoms with E-state index in [1.54, 1.807) is 98.8 Å². The van der Waals surface area contributed by atoms with Crippen molar-refractivity contribution >= 4 is 144 Å². The number of nitrogens with zero attached hydrogens (tertiary/aromatic N) is 5. The van der Waals surface area contributed by atoms with E-state index >= 15 is 0 Å². The van der Waals surface area contributed by atoms with Gasteiger partial charge in [0, 0.05) is 158 Å². The number of anilines is 1. The molecule has 1 saturated carbocycles. The van der Waals surface area contributed by atoms with Crippen LogP contribution >= 0.6 is 11.8 Å². The van der Waals surface area contributed by atoms with Crippen LogP contribution in [0.2, 0.25) is 0 Å². The van der Waals surface area contributed by atoms with Gasteiger partial charge in [-0.2, -0.15) is 20.2 Å². The van der Waals surface area contributed by atoms with Crippen LogP contribution in [0.3, 0.4) is 0 Å². The fourth-order valence-electron chi connectivity index (χ4n) is 16.9. The van der Waals surface area contributed by atoms with Gasteiger partial charge in [0.15, 0.2) is 40.6 Å². The minimum atomic E-state index is -4.50. The molecule has 0 bridgehead atoms. The summed E-state index contributed by atoms with van der Waals surface area (Å²) in [4.78, 5) is 243. The molecule has 3 aromatic heterocycles. The van der Waals surface area contributed by atoms with Gasteiger partial charge in [0.1, 0.15) is 60.2 Å². The van der Waals surface area contributed by atoms with Gasteiger partial charge in [0.05, 0.1) is 86.9 Å². The van der Waals surface area contributed by atoms with Crippen molar-refractivity contribution in [2.24, 2.45) is 31.8 Å². The maximum Gasteiger partial charge on any atom is 0.278 e. The number of rotatable bonds is 60. The monoisotopic (exact) mass is 2090 g/mol. The second-order valence-corrected chi connectivity index (χ2v) is 39.4. The first-order chi connectivity index (χ1) is 69.6. The molecule has 20 N–H and O–H groups in total. The second-order valence-electron chi connectivity index (χ2n) is 36.8. The van der Waals surface area contributed by atoms with Gasteiger partial charge in [-0.1, -0.05) is 42.5 Å². The van der Waals surface area contributed by atoms with Gasteiger partial charge in [0.2, 0.25) is 70.8 Å². The van der Waals surface area contributed by atoms with Crippen LogP contribution in [-0.2, 0) is 120 Å². The Morgan fingerprint density at radius 3 is 1.84 bits per heavy atom. The van der Waals surface area contributed by atoms with Gasteiger partial charge in [-0.25, -0.2) is 4.98 Å². The molecule has 0 spiro atoms. The molecule has 4 unspecified atom stereocenters. The number of imide groups is 1. The van der Waals surface area contributed by atoms with Crippen LogP contribution in [0.4, 0.5) is 5.82 Å². The third kappa shape index (κ3) is 34.1. The zero-order valence-corrected chi connectivity index (χ0v) is 83.6. The lowest BCUT2D eigenvalue weighted by Crippen LogP contribution is -2.53. The van der Waals surface area contributed by atoms with Crippen molar-refractivity contribution in [1.29, 1.82) is 0 Å². The number of aryl methyl sites for hydroxylation is 3. The van der Waals surface area contributed by atoms with Crippen molar-refractivity contribution in [2.45, 2.75) is 214 Å². The van der Waals surface area contributed by atoms with Crippen molar-refractivity contribution in [3.05, 3.63) is 137 Å². The van der Waals surface area contributed by atoms with E-state index in [4.69, 9.17) is 19.7 Å². The van der Waals surface area contributed by atoms with Crippen LogP contribution in [0.5, 0.6) is 5.75 Å². The number of aromatic nitrogens is 4. The number of imidazole rings is 1. The van der Waals surface area contributed by atoms with Gasteiger partial charge in [-0.3, -0.25) is 100 Å². The molecule has 147 heavy (non-hydrogen) atoms. The number of ketones is 6. The first-order valence-electron chi connectivity index (χ1n) is 47.7. The third-order valence-corrected chi connectivity index (χ3v) is 27.7. The number of benzene rings is 3. The zero-order chi connectivity index (χ0) is 108. The number of nitrogens with one attached hydrogen (secondary N) is 9. The van der Waals surface area contributed by atoms with E-state index in [2.05, 4.69) is 59.4 Å². The molecule has 1 aliphatic heterocycles. The van der Waals surface area contributed by atoms with E-state index in [0.29, 0.717) is 68.6 Å². The van der Waals surface area contributed by atoms with E-state index in [0.717, 1.165) is 27.8 Å². The molecule has 3 aromatic carbocycles. The number of carbonyl (C=O) groups is 18.